The molecule has 1 aliphatic rings. The Kier molecular flexibility index (Phi) is 6.02. The Morgan fingerprint density at radius 1 is 1.35 bits per heavy atom. The van der Waals surface area contributed by atoms with E-state index in [0.717, 1.165) is 51.2 Å². The summed E-state index contributed by atoms with van der Waals surface area (Å²) >= 11 is 0. The number of carbonyl (C=O) groups excluding carboxylic acids is 1. The smallest absolute Gasteiger partial charge is 0.228 e. The molecular weight excluding hydrogens is 252 g/mol. The number of fused-ring (bicyclic) bond motifs is 1. The number of benzene rings is 1. The van der Waals surface area contributed by atoms with Gasteiger partial charge in [-0.1, -0.05) is 18.2 Å². The van der Waals surface area contributed by atoms with Crippen LogP contribution in [-0.4, -0.2) is 39.3 Å². The maximum absolute atomic E-state index is 12.3. The first-order valence-corrected chi connectivity index (χ1v) is 7.41. The first-order chi connectivity index (χ1) is 9.83. The number of nitrogens with one attached hydrogen (secondary N) is 1. The van der Waals surface area contributed by atoms with Crippen molar-refractivity contribution in [3.8, 4) is 0 Å². The van der Waals surface area contributed by atoms with Crippen molar-refractivity contribution >= 4 is 11.6 Å². The molecule has 0 saturated carbocycles. The monoisotopic (exact) mass is 276 g/mol. The van der Waals surface area contributed by atoms with Crippen LogP contribution in [0.15, 0.2) is 24.3 Å². The van der Waals surface area contributed by atoms with Gasteiger partial charge in [0.25, 0.3) is 0 Å². The molecule has 1 aliphatic heterocycles. The van der Waals surface area contributed by atoms with Crippen LogP contribution < -0.4 is 10.2 Å². The van der Waals surface area contributed by atoms with Gasteiger partial charge >= 0.3 is 0 Å². The molecule has 0 unspecified atom stereocenters. The maximum atomic E-state index is 12.3. The summed E-state index contributed by atoms with van der Waals surface area (Å²) in [6.07, 6.45) is 3.68. The lowest BCUT2D eigenvalue weighted by Crippen LogP contribution is -2.37. The average molecular weight is 276 g/mol. The van der Waals surface area contributed by atoms with Gasteiger partial charge in [-0.15, -0.1) is 0 Å². The second-order valence-corrected chi connectivity index (χ2v) is 5.12. The second kappa shape index (κ2) is 8.02. The largest absolute Gasteiger partial charge is 0.385 e. The fourth-order valence-corrected chi connectivity index (χ4v) is 2.59. The zero-order valence-corrected chi connectivity index (χ0v) is 12.2. The Labute approximate surface area is 121 Å². The molecule has 20 heavy (non-hydrogen) atoms. The van der Waals surface area contributed by atoms with Crippen molar-refractivity contribution in [1.29, 1.82) is 0 Å². The van der Waals surface area contributed by atoms with Crippen LogP contribution in [0.3, 0.4) is 0 Å². The van der Waals surface area contributed by atoms with Gasteiger partial charge in [0.05, 0.1) is 0 Å². The standard InChI is InChI=1S/C16H24N2O2/c1-20-13-5-10-17-11-9-16(19)18-12-4-7-14-6-2-3-8-15(14)18/h2-3,6,8,17H,4-5,7,9-13H2,1H3. The number of hydrogen-bond acceptors (Lipinski definition) is 3. The summed E-state index contributed by atoms with van der Waals surface area (Å²) in [5, 5.41) is 3.29. The van der Waals surface area contributed by atoms with E-state index < -0.39 is 0 Å². The van der Waals surface area contributed by atoms with Gasteiger partial charge in [-0.3, -0.25) is 4.79 Å². The van der Waals surface area contributed by atoms with Crippen molar-refractivity contribution in [2.75, 3.05) is 38.3 Å². The quantitative estimate of drug-likeness (QED) is 0.774. The normalized spacial score (nSPS) is 14.2. The Morgan fingerprint density at radius 2 is 2.20 bits per heavy atom. The van der Waals surface area contributed by atoms with Crippen molar-refractivity contribution in [2.45, 2.75) is 25.7 Å². The number of rotatable bonds is 7. The summed E-state index contributed by atoms with van der Waals surface area (Å²) in [6.45, 7) is 3.25. The van der Waals surface area contributed by atoms with Gasteiger partial charge in [0, 0.05) is 38.9 Å². The molecule has 0 bridgehead atoms. The number of anilines is 1. The Balaban J connectivity index is 1.79. The molecule has 0 atom stereocenters. The summed E-state index contributed by atoms with van der Waals surface area (Å²) in [6, 6.07) is 8.23. The highest BCUT2D eigenvalue weighted by atomic mass is 16.5. The van der Waals surface area contributed by atoms with E-state index in [9.17, 15) is 4.79 Å². The van der Waals surface area contributed by atoms with Crippen LogP contribution in [0.4, 0.5) is 5.69 Å². The Morgan fingerprint density at radius 3 is 3.05 bits per heavy atom. The molecule has 1 heterocycles. The van der Waals surface area contributed by atoms with Gasteiger partial charge in [0.2, 0.25) is 5.91 Å². The van der Waals surface area contributed by atoms with Crippen molar-refractivity contribution < 1.29 is 9.53 Å². The number of ether oxygens (including phenoxy) is 1. The van der Waals surface area contributed by atoms with E-state index in [1.54, 1.807) is 7.11 Å². The van der Waals surface area contributed by atoms with Crippen LogP contribution in [0, 0.1) is 0 Å². The van der Waals surface area contributed by atoms with Crippen LogP contribution in [0.5, 0.6) is 0 Å². The van der Waals surface area contributed by atoms with Gasteiger partial charge in [-0.05, 0) is 37.4 Å². The number of methoxy groups -OCH3 is 1. The number of hydrogen-bond donors (Lipinski definition) is 1. The lowest BCUT2D eigenvalue weighted by atomic mass is 10.0. The first kappa shape index (κ1) is 15.0. The summed E-state index contributed by atoms with van der Waals surface area (Å²) in [4.78, 5) is 14.3. The molecule has 0 spiro atoms. The molecule has 1 amide bonds. The van der Waals surface area contributed by atoms with E-state index in [1.165, 1.54) is 5.56 Å². The maximum Gasteiger partial charge on any atom is 0.228 e. The predicted octanol–water partition coefficient (Wildman–Crippen LogP) is 1.98. The van der Waals surface area contributed by atoms with E-state index in [1.807, 2.05) is 17.0 Å². The molecule has 4 nitrogen and oxygen atoms in total. The fraction of sp³-hybridized carbons (Fsp3) is 0.562. The van der Waals surface area contributed by atoms with Gasteiger partial charge < -0.3 is 15.0 Å². The lowest BCUT2D eigenvalue weighted by Gasteiger charge is -2.29. The number of nitrogens with zero attached hydrogens (tertiary/aromatic N) is 1. The van der Waals surface area contributed by atoms with E-state index >= 15 is 0 Å². The SMILES string of the molecule is COCCCNCCC(=O)N1CCCc2ccccc21. The molecule has 1 aromatic rings. The summed E-state index contributed by atoms with van der Waals surface area (Å²) < 4.78 is 4.99. The molecule has 0 aromatic heterocycles. The molecule has 110 valence electrons. The fourth-order valence-electron chi connectivity index (χ4n) is 2.59. The molecular formula is C16H24N2O2. The second-order valence-electron chi connectivity index (χ2n) is 5.12. The number of para-hydroxylation sites is 1. The van der Waals surface area contributed by atoms with E-state index in [0.29, 0.717) is 6.42 Å². The molecule has 4 heteroatoms. The van der Waals surface area contributed by atoms with Gasteiger partial charge in [0.15, 0.2) is 0 Å². The minimum absolute atomic E-state index is 0.219. The van der Waals surface area contributed by atoms with E-state index in [4.69, 9.17) is 4.74 Å². The minimum Gasteiger partial charge on any atom is -0.385 e. The van der Waals surface area contributed by atoms with Crippen LogP contribution in [0.2, 0.25) is 0 Å². The number of carbonyl (C=O) groups is 1. The number of aryl methyl sites for hydroxylation is 1. The van der Waals surface area contributed by atoms with E-state index in [2.05, 4.69) is 17.4 Å². The van der Waals surface area contributed by atoms with Crippen LogP contribution in [-0.2, 0) is 16.0 Å². The third-order valence-electron chi connectivity index (χ3n) is 3.63. The highest BCUT2D eigenvalue weighted by Gasteiger charge is 2.21. The molecule has 1 aromatic carbocycles. The average Bonchev–Trinajstić information content (AvgIpc) is 2.50. The topological polar surface area (TPSA) is 41.6 Å². The van der Waals surface area contributed by atoms with Gasteiger partial charge in [-0.25, -0.2) is 0 Å². The van der Waals surface area contributed by atoms with Crippen molar-refractivity contribution in [3.63, 3.8) is 0 Å². The predicted molar refractivity (Wildman–Crippen MR) is 81.1 cm³/mol. The van der Waals surface area contributed by atoms with Crippen LogP contribution in [0.1, 0.15) is 24.8 Å². The summed E-state index contributed by atoms with van der Waals surface area (Å²) in [5.74, 6) is 0.219. The summed E-state index contributed by atoms with van der Waals surface area (Å²) in [5.41, 5.74) is 2.39. The van der Waals surface area contributed by atoms with Crippen LogP contribution in [0.25, 0.3) is 0 Å². The molecule has 1 N–H and O–H groups in total. The van der Waals surface area contributed by atoms with Gasteiger partial charge in [-0.2, -0.15) is 0 Å². The van der Waals surface area contributed by atoms with Crippen molar-refractivity contribution in [2.24, 2.45) is 0 Å². The third-order valence-corrected chi connectivity index (χ3v) is 3.63. The molecule has 0 aliphatic carbocycles. The first-order valence-electron chi connectivity index (χ1n) is 7.41. The lowest BCUT2D eigenvalue weighted by molar-refractivity contribution is -0.118. The van der Waals surface area contributed by atoms with E-state index in [-0.39, 0.29) is 5.91 Å². The Bertz CT molecular complexity index is 434. The molecule has 0 saturated heterocycles. The minimum atomic E-state index is 0.219. The number of amides is 1. The highest BCUT2D eigenvalue weighted by Crippen LogP contribution is 2.26. The zero-order chi connectivity index (χ0) is 14.2. The van der Waals surface area contributed by atoms with Crippen molar-refractivity contribution in [3.05, 3.63) is 29.8 Å². The zero-order valence-electron chi connectivity index (χ0n) is 12.2. The molecule has 0 radical (unpaired) electrons. The third kappa shape index (κ3) is 4.05. The van der Waals surface area contributed by atoms with Crippen molar-refractivity contribution in [1.82, 2.24) is 5.32 Å². The highest BCUT2D eigenvalue weighted by molar-refractivity contribution is 5.94. The van der Waals surface area contributed by atoms with Gasteiger partial charge in [0.1, 0.15) is 0 Å². The summed E-state index contributed by atoms with van der Waals surface area (Å²) in [7, 11) is 1.71. The molecule has 2 rings (SSSR count). The van der Waals surface area contributed by atoms with Crippen LogP contribution >= 0.6 is 0 Å². The molecule has 0 fully saturated rings. The Hall–Kier alpha value is -1.39.